The molecule has 0 unspecified atom stereocenters. The predicted molar refractivity (Wildman–Crippen MR) is 152 cm³/mol. The van der Waals surface area contributed by atoms with E-state index in [0.29, 0.717) is 23.9 Å². The molecule has 0 aliphatic carbocycles. The van der Waals surface area contributed by atoms with E-state index in [4.69, 9.17) is 4.74 Å². The van der Waals surface area contributed by atoms with Crippen LogP contribution in [-0.2, 0) is 61.0 Å². The number of amidine groups is 1. The maximum atomic E-state index is 12.8. The molecule has 0 aliphatic rings. The number of rotatable bonds is 15. The Morgan fingerprint density at radius 2 is 1.59 bits per heavy atom. The van der Waals surface area contributed by atoms with E-state index in [1.807, 2.05) is 0 Å². The largest absolute Gasteiger partial charge is 1.00 e. The molecule has 0 radical (unpaired) electrons. The minimum absolute atomic E-state index is 0. The maximum Gasteiger partial charge on any atom is 1.00 e. The summed E-state index contributed by atoms with van der Waals surface area (Å²) in [5.41, 5.74) is 2.40. The molecule has 0 saturated carbocycles. The van der Waals surface area contributed by atoms with Gasteiger partial charge in [-0.1, -0.05) is 6.07 Å². The molecule has 0 amide bonds. The molecule has 0 atom stereocenters. The van der Waals surface area contributed by atoms with Gasteiger partial charge in [-0.05, 0) is 48.5 Å². The first-order chi connectivity index (χ1) is 21.9. The molecule has 28 heteroatoms. The predicted octanol–water partition coefficient (Wildman–Crippen LogP) is -7.36. The van der Waals surface area contributed by atoms with Crippen LogP contribution in [0.4, 0.5) is 11.4 Å². The Balaban J connectivity index is 0. The van der Waals surface area contributed by atoms with Crippen molar-refractivity contribution in [3.05, 3.63) is 71.1 Å². The topological polar surface area (TPSA) is 317 Å². The van der Waals surface area contributed by atoms with Crippen LogP contribution < -0.4 is 98.7 Å². The molecule has 0 fully saturated rings. The van der Waals surface area contributed by atoms with Crippen LogP contribution in [0.1, 0.15) is 15.9 Å². The number of aromatic hydroxyl groups is 1. The second-order valence-electron chi connectivity index (χ2n) is 8.45. The van der Waals surface area contributed by atoms with Gasteiger partial charge in [-0.3, -0.25) is 9.22 Å². The van der Waals surface area contributed by atoms with Gasteiger partial charge >= 0.3 is 112 Å². The van der Waals surface area contributed by atoms with Crippen molar-refractivity contribution in [3.63, 3.8) is 0 Å². The molecule has 0 spiro atoms. The number of hydrogen-bond acceptors (Lipinski definition) is 18. The van der Waals surface area contributed by atoms with Crippen LogP contribution in [0.5, 0.6) is 11.5 Å². The van der Waals surface area contributed by atoms with E-state index in [1.165, 1.54) is 37.4 Å². The average molecular weight is 867 g/mol. The van der Waals surface area contributed by atoms with Gasteiger partial charge < -0.3 is 39.8 Å². The Morgan fingerprint density at radius 1 is 0.961 bits per heavy atom. The van der Waals surface area contributed by atoms with E-state index in [1.54, 1.807) is 0 Å². The monoisotopic (exact) mass is 866 g/mol. The average Bonchev–Trinajstić information content (AvgIpc) is 2.99. The number of methoxy groups -OCH3 is 1. The van der Waals surface area contributed by atoms with Crippen LogP contribution >= 0.6 is 12.0 Å². The molecule has 20 nitrogen and oxygen atoms in total. The number of azo groups is 1. The van der Waals surface area contributed by atoms with Gasteiger partial charge in [0.1, 0.15) is 21.6 Å². The molecule has 3 rings (SSSR count). The van der Waals surface area contributed by atoms with Crippen molar-refractivity contribution in [2.45, 2.75) is 14.7 Å². The Hall–Kier alpha value is -0.721. The molecule has 0 heterocycles. The molecular weight excluding hydrogens is 849 g/mol. The summed E-state index contributed by atoms with van der Waals surface area (Å²) < 4.78 is 106. The van der Waals surface area contributed by atoms with Crippen molar-refractivity contribution < 1.29 is 179 Å². The van der Waals surface area contributed by atoms with E-state index in [0.717, 1.165) is 12.1 Å². The van der Waals surface area contributed by atoms with Crippen molar-refractivity contribution in [2.75, 3.05) is 19.5 Å². The molecule has 0 aromatic heterocycles. The Kier molecular flexibility index (Phi) is 23.9. The normalized spacial score (nSPS) is 11.7. The SMILES string of the molecule is COc1ccc(/C(N=Nc2cc(S(=O)(=O)CCOS(=O)(=O)[O-])cc(S(=O)(=O)[O-])c2O)=N/[N-]c2cc(SOO[O-])ccc2C(=O)O)cc1.[Cu+].[Na+].[Na+].[Na+]. The Bertz CT molecular complexity index is 2040. The standard InChI is InChI=1S/C23H22N4O16S4.Cu.3Na/c1-40-14-4-2-13(3-5-14)22(26-24-18-10-15(44-43-42-31)6-7-17(18)23(29)30)27-25-19-11-16(12-20(21(19)28)46(34,35)36)45(32,33)9-8-41-47(37,38)39;;;;/h2-7,10-12H,8-9H2,1H3,(H6,24,25,26,27,28,29,30,31,34,35,36,37,38,39);;;;/q;4*+1/p-4. The van der Waals surface area contributed by atoms with Gasteiger partial charge in [0.05, 0.1) is 41.3 Å². The number of hydrogen-bond donors (Lipinski definition) is 2. The first-order valence-corrected chi connectivity index (χ1v) is 17.1. The number of benzene rings is 3. The van der Waals surface area contributed by atoms with Crippen LogP contribution in [0.25, 0.3) is 5.43 Å². The Labute approximate surface area is 371 Å². The molecule has 0 saturated heterocycles. The summed E-state index contributed by atoms with van der Waals surface area (Å²) in [6, 6.07) is 10.0. The number of sulfone groups is 1. The number of carboxylic acid groups (broad SMARTS) is 1. The number of ether oxygens (including phenoxy) is 1. The van der Waals surface area contributed by atoms with Gasteiger partial charge in [0.2, 0.25) is 10.4 Å². The third-order valence-corrected chi connectivity index (χ3v) is 8.98. The van der Waals surface area contributed by atoms with Crippen LogP contribution in [0, 0.1) is 0 Å². The summed E-state index contributed by atoms with van der Waals surface area (Å²) in [5.74, 6) is -4.02. The van der Waals surface area contributed by atoms with Crippen molar-refractivity contribution in [1.82, 2.24) is 0 Å². The minimum atomic E-state index is -5.55. The second-order valence-corrected chi connectivity index (χ2v) is 13.7. The molecule has 0 bridgehead atoms. The summed E-state index contributed by atoms with van der Waals surface area (Å²) in [6.45, 7) is -1.17. The van der Waals surface area contributed by atoms with E-state index in [-0.39, 0.29) is 134 Å². The summed E-state index contributed by atoms with van der Waals surface area (Å²) in [5, 5.41) is 44.8. The third-order valence-electron chi connectivity index (χ3n) is 5.45. The van der Waals surface area contributed by atoms with Crippen LogP contribution in [0.15, 0.2) is 84.6 Å². The summed E-state index contributed by atoms with van der Waals surface area (Å²) in [7, 11) is -14.1. The molecule has 3 aromatic carbocycles. The van der Waals surface area contributed by atoms with E-state index in [2.05, 4.69) is 34.3 Å². The Morgan fingerprint density at radius 3 is 2.12 bits per heavy atom. The van der Waals surface area contributed by atoms with Crippen LogP contribution in [0.3, 0.4) is 0 Å². The number of nitrogens with zero attached hydrogens (tertiary/aromatic N) is 4. The van der Waals surface area contributed by atoms with Gasteiger partial charge in [0.25, 0.3) is 0 Å². The maximum absolute atomic E-state index is 12.8. The zero-order valence-electron chi connectivity index (χ0n) is 26.4. The first-order valence-electron chi connectivity index (χ1n) is 12.0. The van der Waals surface area contributed by atoms with Gasteiger partial charge in [0, 0.05) is 16.0 Å². The number of carboxylic acids is 1. The zero-order chi connectivity index (χ0) is 35.0. The minimum Gasteiger partial charge on any atom is -0.744 e. The zero-order valence-corrected chi connectivity index (χ0v) is 36.7. The quantitative estimate of drug-likeness (QED) is 0.0165. The smallest absolute Gasteiger partial charge is 0.744 e. The third kappa shape index (κ3) is 16.3. The van der Waals surface area contributed by atoms with Crippen molar-refractivity contribution in [3.8, 4) is 11.5 Å². The summed E-state index contributed by atoms with van der Waals surface area (Å²) in [6.07, 6.45) is 0. The fourth-order valence-electron chi connectivity index (χ4n) is 3.34. The van der Waals surface area contributed by atoms with Gasteiger partial charge in [-0.2, -0.15) is 4.33 Å². The molecular formula is C23H18CuN4Na3O16S4. The van der Waals surface area contributed by atoms with Crippen molar-refractivity contribution >= 4 is 65.6 Å². The number of aromatic carboxylic acids is 1. The van der Waals surface area contributed by atoms with E-state index < -0.39 is 75.7 Å². The van der Waals surface area contributed by atoms with E-state index in [9.17, 15) is 54.6 Å². The van der Waals surface area contributed by atoms with Gasteiger partial charge in [-0.15, -0.1) is 15.9 Å². The fourth-order valence-corrected chi connectivity index (χ4v) is 5.93. The number of phenolic OH excluding ortho intramolecular Hbond substituents is 1. The van der Waals surface area contributed by atoms with E-state index >= 15 is 0 Å². The van der Waals surface area contributed by atoms with Crippen molar-refractivity contribution in [1.29, 1.82) is 0 Å². The van der Waals surface area contributed by atoms with Crippen molar-refractivity contribution in [2.24, 2.45) is 15.3 Å². The molecule has 3 aromatic rings. The van der Waals surface area contributed by atoms with Crippen LogP contribution in [-0.4, -0.2) is 75.8 Å². The second kappa shape index (κ2) is 23.3. The molecule has 0 aliphatic heterocycles. The number of phenols is 1. The molecule has 51 heavy (non-hydrogen) atoms. The van der Waals surface area contributed by atoms with Crippen LogP contribution in [0.2, 0.25) is 0 Å². The summed E-state index contributed by atoms with van der Waals surface area (Å²) in [4.78, 5) is 9.49. The van der Waals surface area contributed by atoms with Gasteiger partial charge in [-0.25, -0.2) is 30.0 Å². The molecule has 2 N–H and O–H groups in total. The summed E-state index contributed by atoms with van der Waals surface area (Å²) >= 11 is 0.415. The number of carbonyl (C=O) groups is 1. The molecule has 264 valence electrons. The first kappa shape index (κ1) is 52.4. The van der Waals surface area contributed by atoms with Gasteiger partial charge in [0.15, 0.2) is 21.4 Å². The fraction of sp³-hybridized carbons (Fsp3) is 0.130.